The van der Waals surface area contributed by atoms with Crippen molar-refractivity contribution in [2.24, 2.45) is 0 Å². The van der Waals surface area contributed by atoms with E-state index in [2.05, 4.69) is 20.0 Å². The van der Waals surface area contributed by atoms with Gasteiger partial charge < -0.3 is 4.74 Å². The maximum absolute atomic E-state index is 11.5. The van der Waals surface area contributed by atoms with E-state index in [1.54, 1.807) is 53.5 Å². The minimum absolute atomic E-state index is 0.230. The van der Waals surface area contributed by atoms with Crippen molar-refractivity contribution in [1.29, 1.82) is 0 Å². The summed E-state index contributed by atoms with van der Waals surface area (Å²) in [7, 11) is 1.32. The number of pyridine rings is 1. The molecule has 0 N–H and O–H groups in total. The molecule has 3 aromatic rings. The van der Waals surface area contributed by atoms with E-state index in [4.69, 9.17) is 0 Å². The van der Waals surface area contributed by atoms with Crippen LogP contribution in [0.1, 0.15) is 20.8 Å². The van der Waals surface area contributed by atoms with Crippen molar-refractivity contribution in [1.82, 2.24) is 20.0 Å². The van der Waals surface area contributed by atoms with E-state index >= 15 is 0 Å². The molecule has 0 aliphatic rings. The highest BCUT2D eigenvalue weighted by Crippen LogP contribution is 2.24. The van der Waals surface area contributed by atoms with Gasteiger partial charge in [0, 0.05) is 18.0 Å². The third-order valence-electron chi connectivity index (χ3n) is 3.29. The summed E-state index contributed by atoms with van der Waals surface area (Å²) in [5.41, 5.74) is 2.66. The summed E-state index contributed by atoms with van der Waals surface area (Å²) in [5, 5.41) is 7.92. The average molecular weight is 308 g/mol. The van der Waals surface area contributed by atoms with Crippen LogP contribution in [0.5, 0.6) is 0 Å². The molecule has 0 fully saturated rings. The fourth-order valence-electron chi connectivity index (χ4n) is 2.19. The Morgan fingerprint density at radius 3 is 2.43 bits per heavy atom. The molecule has 0 radical (unpaired) electrons. The van der Waals surface area contributed by atoms with Crippen molar-refractivity contribution in [3.63, 3.8) is 0 Å². The summed E-state index contributed by atoms with van der Waals surface area (Å²) in [6, 6.07) is 10.2. The number of nitrogens with zero attached hydrogens (tertiary/aromatic N) is 4. The first-order chi connectivity index (χ1) is 11.2. The topological polar surface area (TPSA) is 87.0 Å². The third-order valence-corrected chi connectivity index (χ3v) is 3.29. The van der Waals surface area contributed by atoms with Gasteiger partial charge in [-0.05, 0) is 36.4 Å². The maximum Gasteiger partial charge on any atom is 0.337 e. The molecule has 0 aliphatic heterocycles. The van der Waals surface area contributed by atoms with Crippen LogP contribution >= 0.6 is 0 Å². The third kappa shape index (κ3) is 2.71. The molecule has 23 heavy (non-hydrogen) atoms. The van der Waals surface area contributed by atoms with Gasteiger partial charge in [0.15, 0.2) is 12.0 Å². The highest BCUT2D eigenvalue weighted by molar-refractivity contribution is 5.89. The zero-order chi connectivity index (χ0) is 16.2. The first-order valence-electron chi connectivity index (χ1n) is 6.74. The van der Waals surface area contributed by atoms with Gasteiger partial charge in [-0.15, -0.1) is 5.10 Å². The maximum atomic E-state index is 11.5. The predicted octanol–water partition coefficient (Wildman–Crippen LogP) is 1.93. The molecule has 2 heterocycles. The Balaban J connectivity index is 2.09. The predicted molar refractivity (Wildman–Crippen MR) is 81.3 cm³/mol. The number of hydrogen-bond donors (Lipinski definition) is 0. The second-order valence-corrected chi connectivity index (χ2v) is 4.63. The smallest absolute Gasteiger partial charge is 0.337 e. The molecule has 0 saturated carbocycles. The molecular formula is C16H12N4O3. The first kappa shape index (κ1) is 14.6. The molecule has 0 aliphatic carbocycles. The molecule has 2 aromatic heterocycles. The molecule has 7 nitrogen and oxygen atoms in total. The second-order valence-electron chi connectivity index (χ2n) is 4.63. The van der Waals surface area contributed by atoms with E-state index in [-0.39, 0.29) is 5.69 Å². The summed E-state index contributed by atoms with van der Waals surface area (Å²) < 4.78 is 6.21. The van der Waals surface area contributed by atoms with E-state index in [0.29, 0.717) is 23.2 Å². The fourth-order valence-corrected chi connectivity index (χ4v) is 2.19. The van der Waals surface area contributed by atoms with Crippen LogP contribution in [0.15, 0.2) is 48.8 Å². The first-order valence-corrected chi connectivity index (χ1v) is 6.74. The Kier molecular flexibility index (Phi) is 3.92. The van der Waals surface area contributed by atoms with Crippen LogP contribution in [-0.4, -0.2) is 39.3 Å². The highest BCUT2D eigenvalue weighted by atomic mass is 16.5. The van der Waals surface area contributed by atoms with Gasteiger partial charge in [-0.25, -0.2) is 9.48 Å². The molecule has 0 bridgehead atoms. The lowest BCUT2D eigenvalue weighted by Crippen LogP contribution is -2.03. The normalized spacial score (nSPS) is 10.3. The van der Waals surface area contributed by atoms with E-state index in [1.807, 2.05) is 0 Å². The number of esters is 1. The Morgan fingerprint density at radius 1 is 1.13 bits per heavy atom. The van der Waals surface area contributed by atoms with Gasteiger partial charge in [0.25, 0.3) is 0 Å². The van der Waals surface area contributed by atoms with Gasteiger partial charge in [0.2, 0.25) is 0 Å². The summed E-state index contributed by atoms with van der Waals surface area (Å²) in [6.45, 7) is 0. The van der Waals surface area contributed by atoms with Crippen LogP contribution in [-0.2, 0) is 4.74 Å². The number of hydrogen-bond acceptors (Lipinski definition) is 6. The van der Waals surface area contributed by atoms with E-state index in [1.165, 1.54) is 7.11 Å². The quantitative estimate of drug-likeness (QED) is 0.540. The van der Waals surface area contributed by atoms with Gasteiger partial charge in [-0.2, -0.15) is 0 Å². The highest BCUT2D eigenvalue weighted by Gasteiger charge is 2.16. The molecule has 0 atom stereocenters. The van der Waals surface area contributed by atoms with Crippen molar-refractivity contribution in [2.75, 3.05) is 7.11 Å². The van der Waals surface area contributed by atoms with Gasteiger partial charge >= 0.3 is 5.97 Å². The van der Waals surface area contributed by atoms with Crippen molar-refractivity contribution in [2.45, 2.75) is 0 Å². The molecule has 3 rings (SSSR count). The molecule has 7 heteroatoms. The second kappa shape index (κ2) is 6.18. The number of aldehydes is 1. The zero-order valence-electron chi connectivity index (χ0n) is 12.2. The van der Waals surface area contributed by atoms with Gasteiger partial charge in [-0.3, -0.25) is 9.78 Å². The van der Waals surface area contributed by atoms with Gasteiger partial charge in [0.1, 0.15) is 5.69 Å². The number of benzene rings is 1. The minimum atomic E-state index is -0.418. The van der Waals surface area contributed by atoms with Gasteiger partial charge in [0.05, 0.1) is 18.4 Å². The Bertz CT molecular complexity index is 842. The lowest BCUT2D eigenvalue weighted by Gasteiger charge is -2.07. The lowest BCUT2D eigenvalue weighted by atomic mass is 10.1. The SMILES string of the molecule is COC(=O)c1ccc(-n2nnc(C=O)c2-c2ccncc2)cc1. The number of rotatable bonds is 4. The molecule has 0 amide bonds. The molecule has 114 valence electrons. The number of methoxy groups -OCH3 is 1. The van der Waals surface area contributed by atoms with Crippen molar-refractivity contribution < 1.29 is 14.3 Å². The summed E-state index contributed by atoms with van der Waals surface area (Å²) in [4.78, 5) is 26.7. The Hall–Kier alpha value is -3.35. The Morgan fingerprint density at radius 2 is 1.83 bits per heavy atom. The van der Waals surface area contributed by atoms with Crippen LogP contribution < -0.4 is 0 Å². The van der Waals surface area contributed by atoms with Crippen molar-refractivity contribution >= 4 is 12.3 Å². The van der Waals surface area contributed by atoms with Crippen molar-refractivity contribution in [3.8, 4) is 16.9 Å². The monoisotopic (exact) mass is 308 g/mol. The minimum Gasteiger partial charge on any atom is -0.465 e. The van der Waals surface area contributed by atoms with Crippen LogP contribution in [0.3, 0.4) is 0 Å². The molecule has 0 unspecified atom stereocenters. The molecule has 0 spiro atoms. The average Bonchev–Trinajstić information content (AvgIpc) is 3.06. The standard InChI is InChI=1S/C16H12N4O3/c1-23-16(22)12-2-4-13(5-3-12)20-15(14(10-21)18-19-20)11-6-8-17-9-7-11/h2-10H,1H3. The van der Waals surface area contributed by atoms with E-state index in [9.17, 15) is 9.59 Å². The lowest BCUT2D eigenvalue weighted by molar-refractivity contribution is 0.0600. The number of carbonyl (C=O) groups is 2. The zero-order valence-corrected chi connectivity index (χ0v) is 12.2. The van der Waals surface area contributed by atoms with E-state index < -0.39 is 5.97 Å². The Labute approximate surface area is 131 Å². The number of carbonyl (C=O) groups excluding carboxylic acids is 2. The van der Waals surface area contributed by atoms with E-state index in [0.717, 1.165) is 5.56 Å². The molecule has 1 aromatic carbocycles. The summed E-state index contributed by atoms with van der Waals surface area (Å²) in [5.74, 6) is -0.418. The van der Waals surface area contributed by atoms with Crippen LogP contribution in [0.2, 0.25) is 0 Å². The summed E-state index contributed by atoms with van der Waals surface area (Å²) in [6.07, 6.45) is 3.91. The van der Waals surface area contributed by atoms with Crippen LogP contribution in [0, 0.1) is 0 Å². The molecule has 0 saturated heterocycles. The number of ether oxygens (including phenoxy) is 1. The van der Waals surface area contributed by atoms with Gasteiger partial charge in [-0.1, -0.05) is 5.21 Å². The van der Waals surface area contributed by atoms with Crippen molar-refractivity contribution in [3.05, 3.63) is 60.0 Å². The summed E-state index contributed by atoms with van der Waals surface area (Å²) >= 11 is 0. The largest absolute Gasteiger partial charge is 0.465 e. The molecular weight excluding hydrogens is 296 g/mol. The fraction of sp³-hybridized carbons (Fsp3) is 0.0625. The van der Waals surface area contributed by atoms with Crippen LogP contribution in [0.4, 0.5) is 0 Å². The number of aromatic nitrogens is 4. The van der Waals surface area contributed by atoms with Crippen LogP contribution in [0.25, 0.3) is 16.9 Å².